The standard InChI is InChI=1S/C28H28N2O5/c1-17(2)25(26(31)30(3)19-14-12-18(13-15-19)27(32)33)29-28(34)35-16-24-22-10-6-4-8-20(22)21-9-5-7-11-23(21)24/h4-15,17,24-25H,16H2,1-3H3,(H,29,34)(H,32,33). The summed E-state index contributed by atoms with van der Waals surface area (Å²) in [5.41, 5.74) is 5.17. The topological polar surface area (TPSA) is 95.9 Å². The molecule has 7 nitrogen and oxygen atoms in total. The summed E-state index contributed by atoms with van der Waals surface area (Å²) in [6.45, 7) is 3.84. The zero-order valence-electron chi connectivity index (χ0n) is 19.9. The van der Waals surface area contributed by atoms with Gasteiger partial charge in [-0.2, -0.15) is 0 Å². The maximum Gasteiger partial charge on any atom is 0.407 e. The highest BCUT2D eigenvalue weighted by molar-refractivity contribution is 5.99. The predicted octanol–water partition coefficient (Wildman–Crippen LogP) is 4.91. The van der Waals surface area contributed by atoms with Gasteiger partial charge < -0.3 is 20.1 Å². The van der Waals surface area contributed by atoms with E-state index >= 15 is 0 Å². The fourth-order valence-electron chi connectivity index (χ4n) is 4.44. The number of benzene rings is 3. The molecule has 1 aliphatic carbocycles. The molecule has 0 aliphatic heterocycles. The minimum Gasteiger partial charge on any atom is -0.478 e. The third-order valence-corrected chi connectivity index (χ3v) is 6.38. The van der Waals surface area contributed by atoms with Crippen molar-refractivity contribution in [1.29, 1.82) is 0 Å². The third-order valence-electron chi connectivity index (χ3n) is 6.38. The second kappa shape index (κ2) is 10.0. The minimum atomic E-state index is -1.04. The van der Waals surface area contributed by atoms with Gasteiger partial charge in [0.1, 0.15) is 12.6 Å². The fourth-order valence-corrected chi connectivity index (χ4v) is 4.44. The molecule has 4 rings (SSSR count). The number of hydrogen-bond donors (Lipinski definition) is 2. The lowest BCUT2D eigenvalue weighted by Crippen LogP contribution is -2.50. The van der Waals surface area contributed by atoms with Gasteiger partial charge in [-0.25, -0.2) is 9.59 Å². The number of ether oxygens (including phenoxy) is 1. The van der Waals surface area contributed by atoms with Gasteiger partial charge in [-0.1, -0.05) is 62.4 Å². The number of nitrogens with one attached hydrogen (secondary N) is 1. The lowest BCUT2D eigenvalue weighted by molar-refractivity contribution is -0.121. The Kier molecular flexibility index (Phi) is 6.87. The molecule has 1 aliphatic rings. The van der Waals surface area contributed by atoms with E-state index in [0.29, 0.717) is 5.69 Å². The van der Waals surface area contributed by atoms with E-state index in [2.05, 4.69) is 17.4 Å². The normalized spacial score (nSPS) is 13.0. The Balaban J connectivity index is 1.43. The van der Waals surface area contributed by atoms with Crippen molar-refractivity contribution < 1.29 is 24.2 Å². The number of carbonyl (C=O) groups excluding carboxylic acids is 2. The molecule has 0 aromatic heterocycles. The number of carboxylic acids is 1. The molecule has 0 radical (unpaired) electrons. The van der Waals surface area contributed by atoms with Crippen molar-refractivity contribution in [1.82, 2.24) is 5.32 Å². The Hall–Kier alpha value is -4.13. The minimum absolute atomic E-state index is 0.0724. The van der Waals surface area contributed by atoms with Crippen molar-refractivity contribution in [3.8, 4) is 11.1 Å². The molecule has 0 saturated carbocycles. The molecular formula is C28H28N2O5. The second-order valence-electron chi connectivity index (χ2n) is 8.94. The summed E-state index contributed by atoms with van der Waals surface area (Å²) in [5.74, 6) is -1.63. The highest BCUT2D eigenvalue weighted by Crippen LogP contribution is 2.44. The van der Waals surface area contributed by atoms with Crippen LogP contribution in [0, 0.1) is 5.92 Å². The molecule has 0 fully saturated rings. The largest absolute Gasteiger partial charge is 0.478 e. The number of nitrogens with zero attached hydrogens (tertiary/aromatic N) is 1. The Labute approximate surface area is 204 Å². The first-order valence-electron chi connectivity index (χ1n) is 11.5. The molecule has 3 aromatic rings. The Morgan fingerprint density at radius 2 is 1.46 bits per heavy atom. The smallest absolute Gasteiger partial charge is 0.407 e. The van der Waals surface area contributed by atoms with Crippen LogP contribution in [0.15, 0.2) is 72.8 Å². The maximum absolute atomic E-state index is 13.2. The third kappa shape index (κ3) is 4.89. The van der Waals surface area contributed by atoms with E-state index in [1.54, 1.807) is 19.2 Å². The molecular weight excluding hydrogens is 444 g/mol. The van der Waals surface area contributed by atoms with Crippen molar-refractivity contribution in [2.75, 3.05) is 18.6 Å². The van der Waals surface area contributed by atoms with Gasteiger partial charge in [0, 0.05) is 18.7 Å². The first-order chi connectivity index (χ1) is 16.8. The number of aromatic carboxylic acids is 1. The summed E-state index contributed by atoms with van der Waals surface area (Å²) in [6.07, 6.45) is -0.659. The fraction of sp³-hybridized carbons (Fsp3) is 0.250. The van der Waals surface area contributed by atoms with E-state index in [-0.39, 0.29) is 29.9 Å². The highest BCUT2D eigenvalue weighted by Gasteiger charge is 2.31. The van der Waals surface area contributed by atoms with Crippen LogP contribution in [0.3, 0.4) is 0 Å². The van der Waals surface area contributed by atoms with Crippen LogP contribution in [-0.2, 0) is 9.53 Å². The molecule has 2 N–H and O–H groups in total. The van der Waals surface area contributed by atoms with Gasteiger partial charge in [0.2, 0.25) is 5.91 Å². The summed E-state index contributed by atoms with van der Waals surface area (Å²) < 4.78 is 5.61. The lowest BCUT2D eigenvalue weighted by Gasteiger charge is -2.27. The van der Waals surface area contributed by atoms with Crippen molar-refractivity contribution >= 4 is 23.7 Å². The molecule has 0 saturated heterocycles. The number of carboxylic acid groups (broad SMARTS) is 1. The molecule has 0 heterocycles. The quantitative estimate of drug-likeness (QED) is 0.509. The van der Waals surface area contributed by atoms with E-state index in [0.717, 1.165) is 22.3 Å². The van der Waals surface area contributed by atoms with Crippen molar-refractivity contribution in [2.24, 2.45) is 5.92 Å². The van der Waals surface area contributed by atoms with Crippen LogP contribution >= 0.6 is 0 Å². The van der Waals surface area contributed by atoms with Crippen molar-refractivity contribution in [3.05, 3.63) is 89.5 Å². The number of rotatable bonds is 7. The molecule has 7 heteroatoms. The summed E-state index contributed by atoms with van der Waals surface area (Å²) in [4.78, 5) is 38.4. The van der Waals surface area contributed by atoms with Gasteiger partial charge in [0.25, 0.3) is 0 Å². The van der Waals surface area contributed by atoms with Crippen molar-refractivity contribution in [2.45, 2.75) is 25.8 Å². The highest BCUT2D eigenvalue weighted by atomic mass is 16.5. The predicted molar refractivity (Wildman–Crippen MR) is 134 cm³/mol. The van der Waals surface area contributed by atoms with Crippen molar-refractivity contribution in [3.63, 3.8) is 0 Å². The summed E-state index contributed by atoms with van der Waals surface area (Å²) in [6, 6.07) is 21.4. The van der Waals surface area contributed by atoms with Gasteiger partial charge >= 0.3 is 12.1 Å². The Morgan fingerprint density at radius 3 is 1.97 bits per heavy atom. The SMILES string of the molecule is CC(C)C(NC(=O)OCC1c2ccccc2-c2ccccc21)C(=O)N(C)c1ccc(C(=O)O)cc1. The number of alkyl carbamates (subject to hydrolysis) is 1. The van der Waals surface area contributed by atoms with Gasteiger partial charge in [0.15, 0.2) is 0 Å². The van der Waals surface area contributed by atoms with Gasteiger partial charge in [-0.05, 0) is 52.4 Å². The van der Waals surface area contributed by atoms with E-state index in [4.69, 9.17) is 9.84 Å². The number of fused-ring (bicyclic) bond motifs is 3. The first-order valence-corrected chi connectivity index (χ1v) is 11.5. The Morgan fingerprint density at radius 1 is 0.914 bits per heavy atom. The zero-order valence-corrected chi connectivity index (χ0v) is 19.9. The number of anilines is 1. The maximum atomic E-state index is 13.2. The summed E-state index contributed by atoms with van der Waals surface area (Å²) in [7, 11) is 1.59. The molecule has 1 unspecified atom stereocenters. The Bertz CT molecular complexity index is 1210. The molecule has 0 spiro atoms. The van der Waals surface area contributed by atoms with Crippen LogP contribution in [-0.4, -0.2) is 42.8 Å². The first kappa shape index (κ1) is 24.0. The molecule has 3 aromatic carbocycles. The van der Waals surface area contributed by atoms with Crippen LogP contribution in [0.5, 0.6) is 0 Å². The lowest BCUT2D eigenvalue weighted by atomic mass is 9.98. The van der Waals surface area contributed by atoms with Crippen LogP contribution in [0.25, 0.3) is 11.1 Å². The average molecular weight is 473 g/mol. The zero-order chi connectivity index (χ0) is 25.1. The molecule has 1 atom stereocenters. The monoisotopic (exact) mass is 472 g/mol. The number of hydrogen-bond acceptors (Lipinski definition) is 4. The number of amides is 2. The molecule has 180 valence electrons. The molecule has 0 bridgehead atoms. The van der Waals surface area contributed by atoms with Crippen LogP contribution in [0.2, 0.25) is 0 Å². The van der Waals surface area contributed by atoms with Crippen LogP contribution in [0.1, 0.15) is 41.3 Å². The van der Waals surface area contributed by atoms with Crippen LogP contribution in [0.4, 0.5) is 10.5 Å². The number of carbonyl (C=O) groups is 3. The van der Waals surface area contributed by atoms with Crippen LogP contribution < -0.4 is 10.2 Å². The second-order valence-corrected chi connectivity index (χ2v) is 8.94. The van der Waals surface area contributed by atoms with E-state index in [1.165, 1.54) is 17.0 Å². The van der Waals surface area contributed by atoms with Gasteiger partial charge in [0.05, 0.1) is 5.56 Å². The van der Waals surface area contributed by atoms with Gasteiger partial charge in [-0.3, -0.25) is 4.79 Å². The van der Waals surface area contributed by atoms with E-state index in [9.17, 15) is 14.4 Å². The summed E-state index contributed by atoms with van der Waals surface area (Å²) >= 11 is 0. The molecule has 35 heavy (non-hydrogen) atoms. The van der Waals surface area contributed by atoms with Gasteiger partial charge in [-0.15, -0.1) is 0 Å². The molecule has 2 amide bonds. The number of likely N-dealkylation sites (N-methyl/N-ethyl adjacent to an activating group) is 1. The average Bonchev–Trinajstić information content (AvgIpc) is 3.18. The van der Waals surface area contributed by atoms with E-state index < -0.39 is 18.1 Å². The summed E-state index contributed by atoms with van der Waals surface area (Å²) in [5, 5.41) is 11.8. The van der Waals surface area contributed by atoms with E-state index in [1.807, 2.05) is 50.2 Å².